The van der Waals surface area contributed by atoms with Gasteiger partial charge in [0, 0.05) is 0 Å². The molecule has 0 aliphatic heterocycles. The van der Waals surface area contributed by atoms with E-state index in [0.717, 1.165) is 0 Å². The molecular weight excluding hydrogens is 1110 g/mol. The molecule has 0 unspecified atom stereocenters. The molecule has 0 fully saturated rings. The molecule has 0 saturated heterocycles. The predicted octanol–water partition coefficient (Wildman–Crippen LogP) is 24.7. The molecule has 7 rings (SSSR count). The second-order valence-corrected chi connectivity index (χ2v) is 42.9. The molecule has 0 N–H and O–H groups in total. The van der Waals surface area contributed by atoms with Crippen LogP contribution in [-0.2, 0) is 25.7 Å². The van der Waals surface area contributed by atoms with Crippen LogP contribution in [0, 0.1) is 0 Å². The van der Waals surface area contributed by atoms with Crippen molar-refractivity contribution in [2.24, 2.45) is 0 Å². The zero-order valence-corrected chi connectivity index (χ0v) is 54.3. The first-order valence-electron chi connectivity index (χ1n) is 29.2. The van der Waals surface area contributed by atoms with Crippen molar-refractivity contribution in [2.45, 2.75) is 229 Å². The van der Waals surface area contributed by atoms with Crippen molar-refractivity contribution in [1.82, 2.24) is 0 Å². The molecular formula is C64H90S7Sn. The number of rotatable bonds is 36. The van der Waals surface area contributed by atoms with Gasteiger partial charge in [0.25, 0.3) is 0 Å². The van der Waals surface area contributed by atoms with Gasteiger partial charge < -0.3 is 0 Å². The van der Waals surface area contributed by atoms with E-state index in [0.29, 0.717) is 0 Å². The van der Waals surface area contributed by atoms with E-state index in [1.165, 1.54) is 236 Å². The molecule has 0 nitrogen and oxygen atoms in total. The molecule has 8 heteroatoms. The third-order valence-electron chi connectivity index (χ3n) is 15.0. The predicted molar refractivity (Wildman–Crippen MR) is 340 cm³/mol. The third-order valence-corrected chi connectivity index (χ3v) is 41.8. The Labute approximate surface area is 471 Å². The summed E-state index contributed by atoms with van der Waals surface area (Å²) in [6.45, 7) is 16.6. The van der Waals surface area contributed by atoms with E-state index in [-0.39, 0.29) is 0 Å². The Morgan fingerprint density at radius 2 is 0.597 bits per heavy atom. The minimum atomic E-state index is -2.84. The number of unbranched alkanes of at least 4 members (excludes halogenated alkanes) is 15. The van der Waals surface area contributed by atoms with Gasteiger partial charge in [-0.25, -0.2) is 0 Å². The first kappa shape index (κ1) is 58.4. The van der Waals surface area contributed by atoms with Gasteiger partial charge in [0.05, 0.1) is 0 Å². The first-order chi connectivity index (χ1) is 35.4. The molecule has 0 amide bonds. The normalized spacial score (nSPS) is 12.0. The van der Waals surface area contributed by atoms with Crippen molar-refractivity contribution >= 4 is 101 Å². The minimum absolute atomic E-state index is 1.20. The summed E-state index contributed by atoms with van der Waals surface area (Å²) in [6.07, 6.45) is 34.0. The van der Waals surface area contributed by atoms with Gasteiger partial charge in [-0.15, -0.1) is 0 Å². The van der Waals surface area contributed by atoms with Crippen LogP contribution in [0.4, 0.5) is 0 Å². The van der Waals surface area contributed by atoms with Crippen molar-refractivity contribution in [1.29, 1.82) is 0 Å². The second-order valence-electron chi connectivity index (χ2n) is 21.0. The number of hydrogen-bond donors (Lipinski definition) is 0. The summed E-state index contributed by atoms with van der Waals surface area (Å²) in [7, 11) is 0. The molecule has 0 atom stereocenters. The number of hydrogen-bond acceptors (Lipinski definition) is 7. The Bertz CT molecular complexity index is 2280. The Kier molecular flexibility index (Phi) is 25.3. The van der Waals surface area contributed by atoms with Gasteiger partial charge in [-0.2, -0.15) is 0 Å². The van der Waals surface area contributed by atoms with Crippen molar-refractivity contribution < 1.29 is 0 Å². The van der Waals surface area contributed by atoms with Crippen LogP contribution in [0.1, 0.15) is 209 Å². The topological polar surface area (TPSA) is 0 Å². The molecule has 7 heterocycles. The summed E-state index contributed by atoms with van der Waals surface area (Å²) in [4.78, 5) is 19.6. The molecule has 7 aromatic rings. The van der Waals surface area contributed by atoms with Crippen LogP contribution in [0.3, 0.4) is 0 Å². The molecule has 0 aliphatic carbocycles. The average Bonchev–Trinajstić information content (AvgIpc) is 4.26. The first-order valence-corrected chi connectivity index (χ1v) is 42.4. The summed E-state index contributed by atoms with van der Waals surface area (Å²) in [5, 5.41) is 0. The quantitative estimate of drug-likeness (QED) is 0.0271. The van der Waals surface area contributed by atoms with Crippen molar-refractivity contribution in [3.63, 3.8) is 0 Å². The van der Waals surface area contributed by atoms with Crippen LogP contribution >= 0.6 is 79.4 Å². The van der Waals surface area contributed by atoms with Crippen LogP contribution in [0.5, 0.6) is 0 Å². The van der Waals surface area contributed by atoms with Crippen molar-refractivity contribution in [2.75, 3.05) is 0 Å². The van der Waals surface area contributed by atoms with Gasteiger partial charge in [0.15, 0.2) is 0 Å². The van der Waals surface area contributed by atoms with Gasteiger partial charge in [-0.05, 0) is 0 Å². The second kappa shape index (κ2) is 31.2. The van der Waals surface area contributed by atoms with Gasteiger partial charge in [-0.1, -0.05) is 79.1 Å². The van der Waals surface area contributed by atoms with Gasteiger partial charge in [0.2, 0.25) is 0 Å². The molecule has 392 valence electrons. The fraction of sp³-hybridized carbons (Fsp3) is 0.562. The molecule has 0 saturated carbocycles. The van der Waals surface area contributed by atoms with E-state index >= 15 is 0 Å². The molecule has 0 spiro atoms. The molecule has 0 radical (unpaired) electrons. The standard InChI is InChI=1S/C52H63S7.3C4H9.Sn/c1-5-9-13-17-21-37-25-29-44(54-37)42-35-48(58-51(42)46-31-27-39(56-46)23-19-15-11-7-3)41-33-34-53-50(41)49-36-43(45-30-26-38(55-45)22-18-14-10-6-2)52(59-49)47-32-28-40(57-47)24-20-16-12-8-4;3*1-3-4-2;/h25-33,35-36H,5-24H2,1-4H3;3*1,3-4H2,2H3;. The Morgan fingerprint density at radius 1 is 0.278 bits per heavy atom. The summed E-state index contributed by atoms with van der Waals surface area (Å²) in [6, 6.07) is 28.0. The third kappa shape index (κ3) is 16.1. The maximum absolute atomic E-state index is 2.86. The van der Waals surface area contributed by atoms with E-state index < -0.39 is 18.4 Å². The summed E-state index contributed by atoms with van der Waals surface area (Å²) in [5.74, 6) is 0. The Morgan fingerprint density at radius 3 is 0.986 bits per heavy atom. The van der Waals surface area contributed by atoms with E-state index in [2.05, 4.69) is 195 Å². The SMILES string of the molecule is CCCCCCc1ccc(-c2cc(-c3c[c]([Sn]([CH2]CCC)([CH2]CCC)[CH2]CCC)sc3-c3cc(-c4ccc(CCCCCC)s4)c(-c4ccc(CCCCCC)s4)s3)sc2-c2ccc(CCCCCC)s2)s1. The summed E-state index contributed by atoms with van der Waals surface area (Å²) < 4.78 is 6.38. The van der Waals surface area contributed by atoms with Gasteiger partial charge in [0.1, 0.15) is 0 Å². The van der Waals surface area contributed by atoms with Crippen LogP contribution in [0.15, 0.2) is 66.7 Å². The molecule has 72 heavy (non-hydrogen) atoms. The molecule has 0 aliphatic rings. The fourth-order valence-corrected chi connectivity index (χ4v) is 38.0. The zero-order chi connectivity index (χ0) is 50.5. The average molecular weight is 1200 g/mol. The molecule has 7 aromatic heterocycles. The molecule has 0 bridgehead atoms. The van der Waals surface area contributed by atoms with E-state index in [1.54, 1.807) is 24.4 Å². The van der Waals surface area contributed by atoms with Crippen molar-refractivity contribution in [3.8, 4) is 60.6 Å². The van der Waals surface area contributed by atoms with Gasteiger partial charge in [-0.3, -0.25) is 0 Å². The number of aryl methyl sites for hydroxylation is 4. The monoisotopic (exact) mass is 1200 g/mol. The number of thiophene rings is 7. The summed E-state index contributed by atoms with van der Waals surface area (Å²) in [5.41, 5.74) is 4.48. The Balaban J connectivity index is 1.40. The van der Waals surface area contributed by atoms with Crippen LogP contribution in [0.25, 0.3) is 60.6 Å². The van der Waals surface area contributed by atoms with E-state index in [4.69, 9.17) is 0 Å². The van der Waals surface area contributed by atoms with E-state index in [9.17, 15) is 0 Å². The van der Waals surface area contributed by atoms with Crippen LogP contribution < -0.4 is 2.89 Å². The maximum atomic E-state index is 2.86. The van der Waals surface area contributed by atoms with Crippen LogP contribution in [-0.4, -0.2) is 18.4 Å². The fourth-order valence-electron chi connectivity index (χ4n) is 10.6. The summed E-state index contributed by atoms with van der Waals surface area (Å²) >= 11 is 12.0. The Hall–Kier alpha value is -1.30. The van der Waals surface area contributed by atoms with E-state index in [1.807, 2.05) is 2.89 Å². The zero-order valence-electron chi connectivity index (χ0n) is 45.7. The van der Waals surface area contributed by atoms with Gasteiger partial charge >= 0.3 is 397 Å². The molecule has 0 aromatic carbocycles. The van der Waals surface area contributed by atoms with Crippen molar-refractivity contribution in [3.05, 3.63) is 86.2 Å². The van der Waals surface area contributed by atoms with Crippen LogP contribution in [0.2, 0.25) is 13.3 Å².